The lowest BCUT2D eigenvalue weighted by Gasteiger charge is -2.09. The van der Waals surface area contributed by atoms with Gasteiger partial charge in [0.05, 0.1) is 12.6 Å². The number of rotatable bonds is 2. The number of hydrogen-bond acceptors (Lipinski definition) is 3. The molecular weight excluding hydrogens is 202 g/mol. The van der Waals surface area contributed by atoms with Crippen LogP contribution < -0.4 is 10.5 Å². The van der Waals surface area contributed by atoms with Gasteiger partial charge in [0.25, 0.3) is 0 Å². The molecule has 4 heteroatoms. The summed E-state index contributed by atoms with van der Waals surface area (Å²) in [5, 5.41) is 1.12. The molecule has 1 aliphatic rings. The molecule has 0 unspecified atom stereocenters. The molecule has 4 nitrogen and oxygen atoms in total. The van der Waals surface area contributed by atoms with Crippen LogP contribution in [0.25, 0.3) is 11.0 Å². The van der Waals surface area contributed by atoms with Crippen LogP contribution in [0.2, 0.25) is 0 Å². The van der Waals surface area contributed by atoms with Crippen LogP contribution in [0.5, 0.6) is 5.88 Å². The third-order valence-electron chi connectivity index (χ3n) is 3.36. The second-order valence-corrected chi connectivity index (χ2v) is 4.51. The van der Waals surface area contributed by atoms with Crippen molar-refractivity contribution >= 4 is 11.0 Å². The van der Waals surface area contributed by atoms with Gasteiger partial charge in [-0.25, -0.2) is 0 Å². The maximum absolute atomic E-state index is 6.22. The highest BCUT2D eigenvalue weighted by molar-refractivity contribution is 5.78. The van der Waals surface area contributed by atoms with Gasteiger partial charge < -0.3 is 15.0 Å². The van der Waals surface area contributed by atoms with Gasteiger partial charge in [-0.05, 0) is 25.0 Å². The number of methoxy groups -OCH3 is 1. The van der Waals surface area contributed by atoms with Crippen molar-refractivity contribution in [2.24, 2.45) is 12.8 Å². The second kappa shape index (κ2) is 2.98. The average Bonchev–Trinajstić information content (AvgIpc) is 2.95. The van der Waals surface area contributed by atoms with Gasteiger partial charge in [0.15, 0.2) is 0 Å². The van der Waals surface area contributed by atoms with Gasteiger partial charge in [-0.2, -0.15) is 4.98 Å². The zero-order chi connectivity index (χ0) is 11.3. The van der Waals surface area contributed by atoms with Crippen LogP contribution in [0.15, 0.2) is 18.2 Å². The molecule has 2 N–H and O–H groups in total. The molecule has 2 heterocycles. The third-order valence-corrected chi connectivity index (χ3v) is 3.36. The molecule has 2 aromatic rings. The molecule has 3 rings (SSSR count). The van der Waals surface area contributed by atoms with E-state index in [0.717, 1.165) is 23.9 Å². The zero-order valence-electron chi connectivity index (χ0n) is 9.53. The molecule has 0 amide bonds. The Hall–Kier alpha value is -1.55. The fraction of sp³-hybridized carbons (Fsp3) is 0.417. The van der Waals surface area contributed by atoms with Crippen LogP contribution in [0, 0.1) is 0 Å². The highest BCUT2D eigenvalue weighted by Gasteiger charge is 2.42. The van der Waals surface area contributed by atoms with E-state index in [4.69, 9.17) is 10.5 Å². The molecule has 2 aromatic heterocycles. The van der Waals surface area contributed by atoms with E-state index in [1.165, 1.54) is 5.69 Å². The first kappa shape index (κ1) is 9.66. The van der Waals surface area contributed by atoms with Crippen LogP contribution in [-0.2, 0) is 12.6 Å². The molecule has 1 fully saturated rings. The Balaban J connectivity index is 2.23. The number of ether oxygens (including phenoxy) is 1. The van der Waals surface area contributed by atoms with Crippen LogP contribution >= 0.6 is 0 Å². The first-order valence-electron chi connectivity index (χ1n) is 5.44. The number of nitrogens with zero attached hydrogens (tertiary/aromatic N) is 2. The number of hydrogen-bond donors (Lipinski definition) is 1. The minimum absolute atomic E-state index is 0.122. The highest BCUT2D eigenvalue weighted by atomic mass is 16.5. The van der Waals surface area contributed by atoms with Gasteiger partial charge >= 0.3 is 0 Å². The summed E-state index contributed by atoms with van der Waals surface area (Å²) in [7, 11) is 3.64. The summed E-state index contributed by atoms with van der Waals surface area (Å²) in [4.78, 5) is 4.44. The second-order valence-electron chi connectivity index (χ2n) is 4.51. The molecule has 16 heavy (non-hydrogen) atoms. The average molecular weight is 217 g/mol. The Labute approximate surface area is 94.0 Å². The van der Waals surface area contributed by atoms with E-state index in [0.29, 0.717) is 5.88 Å². The monoisotopic (exact) mass is 217 g/mol. The Morgan fingerprint density at radius 3 is 2.81 bits per heavy atom. The molecule has 0 bridgehead atoms. The molecule has 0 spiro atoms. The summed E-state index contributed by atoms with van der Waals surface area (Å²) < 4.78 is 7.21. The standard InChI is InChI=1S/C12H15N3O/c1-15-9(12(13)5-6-12)7-8-3-4-10(16-2)14-11(8)15/h3-4,7H,5-6,13H2,1-2H3. The summed E-state index contributed by atoms with van der Waals surface area (Å²) in [6, 6.07) is 6.04. The van der Waals surface area contributed by atoms with Crippen molar-refractivity contribution < 1.29 is 4.74 Å². The first-order chi connectivity index (χ1) is 7.64. The molecule has 0 saturated heterocycles. The number of aromatic nitrogens is 2. The van der Waals surface area contributed by atoms with Crippen molar-refractivity contribution in [1.29, 1.82) is 0 Å². The lowest BCUT2D eigenvalue weighted by atomic mass is 10.2. The van der Waals surface area contributed by atoms with E-state index in [-0.39, 0.29) is 5.54 Å². The molecule has 0 aliphatic heterocycles. The SMILES string of the molecule is COc1ccc2cc(C3(N)CC3)n(C)c2n1. The summed E-state index contributed by atoms with van der Waals surface area (Å²) >= 11 is 0. The van der Waals surface area contributed by atoms with E-state index in [1.807, 2.05) is 19.2 Å². The minimum atomic E-state index is -0.122. The number of aryl methyl sites for hydroxylation is 1. The van der Waals surface area contributed by atoms with Gasteiger partial charge in [0.2, 0.25) is 5.88 Å². The van der Waals surface area contributed by atoms with E-state index in [9.17, 15) is 0 Å². The van der Waals surface area contributed by atoms with Crippen LogP contribution in [0.3, 0.4) is 0 Å². The summed E-state index contributed by atoms with van der Waals surface area (Å²) in [5.74, 6) is 0.641. The van der Waals surface area contributed by atoms with Crippen molar-refractivity contribution in [2.45, 2.75) is 18.4 Å². The van der Waals surface area contributed by atoms with E-state index in [1.54, 1.807) is 7.11 Å². The third kappa shape index (κ3) is 1.23. The smallest absolute Gasteiger partial charge is 0.214 e. The van der Waals surface area contributed by atoms with Crippen LogP contribution in [0.4, 0.5) is 0 Å². The zero-order valence-corrected chi connectivity index (χ0v) is 9.53. The molecular formula is C12H15N3O. The maximum atomic E-state index is 6.22. The normalized spacial score (nSPS) is 17.7. The van der Waals surface area contributed by atoms with Crippen molar-refractivity contribution in [3.8, 4) is 5.88 Å². The fourth-order valence-corrected chi connectivity index (χ4v) is 2.16. The predicted octanol–water partition coefficient (Wildman–Crippen LogP) is 1.53. The van der Waals surface area contributed by atoms with Crippen molar-refractivity contribution in [3.05, 3.63) is 23.9 Å². The lowest BCUT2D eigenvalue weighted by Crippen LogP contribution is -2.21. The molecule has 1 aliphatic carbocycles. The van der Waals surface area contributed by atoms with E-state index >= 15 is 0 Å². The predicted molar refractivity (Wildman–Crippen MR) is 62.4 cm³/mol. The maximum Gasteiger partial charge on any atom is 0.214 e. The number of pyridine rings is 1. The Morgan fingerprint density at radius 1 is 1.44 bits per heavy atom. The van der Waals surface area contributed by atoms with Crippen molar-refractivity contribution in [3.63, 3.8) is 0 Å². The van der Waals surface area contributed by atoms with Crippen LogP contribution in [-0.4, -0.2) is 16.7 Å². The van der Waals surface area contributed by atoms with Gasteiger partial charge in [-0.3, -0.25) is 0 Å². The van der Waals surface area contributed by atoms with E-state index in [2.05, 4.69) is 15.6 Å². The van der Waals surface area contributed by atoms with Crippen molar-refractivity contribution in [1.82, 2.24) is 9.55 Å². The minimum Gasteiger partial charge on any atom is -0.481 e. The van der Waals surface area contributed by atoms with Gasteiger partial charge in [0.1, 0.15) is 5.65 Å². The molecule has 84 valence electrons. The van der Waals surface area contributed by atoms with Crippen LogP contribution in [0.1, 0.15) is 18.5 Å². The summed E-state index contributed by atoms with van der Waals surface area (Å²) in [6.45, 7) is 0. The van der Waals surface area contributed by atoms with Gasteiger partial charge in [-0.1, -0.05) is 0 Å². The Morgan fingerprint density at radius 2 is 2.19 bits per heavy atom. The lowest BCUT2D eigenvalue weighted by molar-refractivity contribution is 0.399. The fourth-order valence-electron chi connectivity index (χ4n) is 2.16. The molecule has 1 saturated carbocycles. The van der Waals surface area contributed by atoms with Gasteiger partial charge in [-0.15, -0.1) is 0 Å². The topological polar surface area (TPSA) is 53.1 Å². The molecule has 0 aromatic carbocycles. The highest BCUT2D eigenvalue weighted by Crippen LogP contribution is 2.44. The summed E-state index contributed by atoms with van der Waals surface area (Å²) in [6.07, 6.45) is 2.13. The number of fused-ring (bicyclic) bond motifs is 1. The Bertz CT molecular complexity index is 555. The summed E-state index contributed by atoms with van der Waals surface area (Å²) in [5.41, 5.74) is 8.21. The largest absolute Gasteiger partial charge is 0.481 e. The Kier molecular flexibility index (Phi) is 1.80. The first-order valence-corrected chi connectivity index (χ1v) is 5.44. The van der Waals surface area contributed by atoms with E-state index < -0.39 is 0 Å². The molecule has 0 atom stereocenters. The van der Waals surface area contributed by atoms with Gasteiger partial charge in [0, 0.05) is 24.2 Å². The quantitative estimate of drug-likeness (QED) is 0.830. The van der Waals surface area contributed by atoms with Crippen molar-refractivity contribution in [2.75, 3.05) is 7.11 Å². The molecule has 0 radical (unpaired) electrons. The number of nitrogens with two attached hydrogens (primary N) is 1.